The summed E-state index contributed by atoms with van der Waals surface area (Å²) in [5.41, 5.74) is 5.46. The van der Waals surface area contributed by atoms with Crippen LogP contribution in [0, 0.1) is 0 Å². The second kappa shape index (κ2) is 3.97. The third-order valence-corrected chi connectivity index (χ3v) is 1.84. The van der Waals surface area contributed by atoms with E-state index in [1.807, 2.05) is 0 Å². The summed E-state index contributed by atoms with van der Waals surface area (Å²) in [6.45, 7) is 0.303. The summed E-state index contributed by atoms with van der Waals surface area (Å²) in [7, 11) is 0. The molecular weight excluding hydrogens is 186 g/mol. The molecule has 0 aliphatic rings. The van der Waals surface area contributed by atoms with E-state index in [-0.39, 0.29) is 11.3 Å². The lowest BCUT2D eigenvalue weighted by atomic mass is 10.1. The van der Waals surface area contributed by atoms with Crippen molar-refractivity contribution in [3.63, 3.8) is 0 Å². The zero-order valence-corrected chi connectivity index (χ0v) is 7.40. The topological polar surface area (TPSA) is 104 Å². The van der Waals surface area contributed by atoms with Crippen LogP contribution in [0.15, 0.2) is 12.1 Å². The number of nitrogens with two attached hydrogens (primary N) is 1. The van der Waals surface area contributed by atoms with Gasteiger partial charge in [-0.15, -0.1) is 0 Å². The molecule has 14 heavy (non-hydrogen) atoms. The summed E-state index contributed by atoms with van der Waals surface area (Å²) in [5, 5.41) is 27.2. The monoisotopic (exact) mass is 197 g/mol. The SMILES string of the molecule is NCCc1cc(C(=O)O)c(O)cc1O. The fraction of sp³-hybridized carbons (Fsp3) is 0.222. The summed E-state index contributed by atoms with van der Waals surface area (Å²) < 4.78 is 0. The quantitative estimate of drug-likeness (QED) is 0.557. The number of carboxylic acid groups (broad SMARTS) is 1. The summed E-state index contributed by atoms with van der Waals surface area (Å²) in [5.74, 6) is -1.82. The molecule has 0 aliphatic carbocycles. The van der Waals surface area contributed by atoms with Crippen molar-refractivity contribution in [2.45, 2.75) is 6.42 Å². The zero-order valence-electron chi connectivity index (χ0n) is 7.40. The highest BCUT2D eigenvalue weighted by atomic mass is 16.4. The summed E-state index contributed by atoms with van der Waals surface area (Å²) in [6.07, 6.45) is 0.367. The normalized spacial score (nSPS) is 10.1. The van der Waals surface area contributed by atoms with Crippen LogP contribution in [0.1, 0.15) is 15.9 Å². The lowest BCUT2D eigenvalue weighted by Gasteiger charge is -2.06. The first-order chi connectivity index (χ1) is 6.56. The number of hydrogen-bond acceptors (Lipinski definition) is 4. The van der Waals surface area contributed by atoms with Gasteiger partial charge in [0.1, 0.15) is 17.1 Å². The maximum Gasteiger partial charge on any atom is 0.339 e. The van der Waals surface area contributed by atoms with Crippen LogP contribution in [0.2, 0.25) is 0 Å². The molecule has 5 N–H and O–H groups in total. The molecule has 0 atom stereocenters. The van der Waals surface area contributed by atoms with Crippen LogP contribution in [0.4, 0.5) is 0 Å². The van der Waals surface area contributed by atoms with Crippen molar-refractivity contribution in [1.29, 1.82) is 0 Å². The van der Waals surface area contributed by atoms with Crippen LogP contribution in [0.25, 0.3) is 0 Å². The van der Waals surface area contributed by atoms with Crippen molar-refractivity contribution in [3.8, 4) is 11.5 Å². The standard InChI is InChI=1S/C9H11NO4/c10-2-1-5-3-6(9(13)14)8(12)4-7(5)11/h3-4,11-12H,1-2,10H2,(H,13,14). The molecule has 0 unspecified atom stereocenters. The molecule has 0 saturated heterocycles. The number of hydrogen-bond donors (Lipinski definition) is 4. The van der Waals surface area contributed by atoms with Gasteiger partial charge in [-0.05, 0) is 24.6 Å². The lowest BCUT2D eigenvalue weighted by molar-refractivity contribution is 0.0693. The smallest absolute Gasteiger partial charge is 0.339 e. The van der Waals surface area contributed by atoms with Gasteiger partial charge in [0, 0.05) is 6.07 Å². The van der Waals surface area contributed by atoms with Crippen LogP contribution < -0.4 is 5.73 Å². The maximum absolute atomic E-state index is 10.6. The zero-order chi connectivity index (χ0) is 10.7. The Hall–Kier alpha value is -1.75. The van der Waals surface area contributed by atoms with E-state index in [2.05, 4.69) is 0 Å². The number of aromatic carboxylic acids is 1. The van der Waals surface area contributed by atoms with Gasteiger partial charge in [0.25, 0.3) is 0 Å². The van der Waals surface area contributed by atoms with Gasteiger partial charge in [0.2, 0.25) is 0 Å². The Balaban J connectivity index is 3.20. The van der Waals surface area contributed by atoms with E-state index >= 15 is 0 Å². The number of rotatable bonds is 3. The van der Waals surface area contributed by atoms with E-state index in [4.69, 9.17) is 10.8 Å². The third-order valence-electron chi connectivity index (χ3n) is 1.84. The molecule has 5 heteroatoms. The predicted octanol–water partition coefficient (Wildman–Crippen LogP) is 0.297. The second-order valence-electron chi connectivity index (χ2n) is 2.84. The molecule has 76 valence electrons. The minimum absolute atomic E-state index is 0.141. The largest absolute Gasteiger partial charge is 0.508 e. The first kappa shape index (κ1) is 10.3. The number of benzene rings is 1. The molecule has 0 saturated carbocycles. The molecule has 0 fully saturated rings. The number of carbonyl (C=O) groups is 1. The first-order valence-corrected chi connectivity index (χ1v) is 4.04. The molecule has 1 rings (SSSR count). The van der Waals surface area contributed by atoms with Crippen LogP contribution in [0.3, 0.4) is 0 Å². The lowest BCUT2D eigenvalue weighted by Crippen LogP contribution is -2.05. The molecule has 0 amide bonds. The van der Waals surface area contributed by atoms with Gasteiger partial charge in [-0.1, -0.05) is 0 Å². The Kier molecular flexibility index (Phi) is 2.93. The molecule has 0 aliphatic heterocycles. The van der Waals surface area contributed by atoms with Crippen LogP contribution >= 0.6 is 0 Å². The number of carboxylic acids is 1. The van der Waals surface area contributed by atoms with Gasteiger partial charge in [-0.3, -0.25) is 0 Å². The molecule has 0 radical (unpaired) electrons. The van der Waals surface area contributed by atoms with Gasteiger partial charge in [0.15, 0.2) is 0 Å². The highest BCUT2D eigenvalue weighted by Crippen LogP contribution is 2.27. The average Bonchev–Trinajstić information content (AvgIpc) is 2.09. The van der Waals surface area contributed by atoms with Crippen molar-refractivity contribution in [3.05, 3.63) is 23.3 Å². The fourth-order valence-corrected chi connectivity index (χ4v) is 1.15. The molecule has 0 bridgehead atoms. The van der Waals surface area contributed by atoms with E-state index < -0.39 is 11.7 Å². The van der Waals surface area contributed by atoms with E-state index in [1.165, 1.54) is 6.07 Å². The van der Waals surface area contributed by atoms with Crippen molar-refractivity contribution in [1.82, 2.24) is 0 Å². The fourth-order valence-electron chi connectivity index (χ4n) is 1.15. The molecule has 5 nitrogen and oxygen atoms in total. The first-order valence-electron chi connectivity index (χ1n) is 4.04. The Bertz CT molecular complexity index is 362. The van der Waals surface area contributed by atoms with E-state index in [0.717, 1.165) is 6.07 Å². The van der Waals surface area contributed by atoms with Gasteiger partial charge in [-0.2, -0.15) is 0 Å². The maximum atomic E-state index is 10.6. The third kappa shape index (κ3) is 1.94. The van der Waals surface area contributed by atoms with Crippen LogP contribution in [0.5, 0.6) is 11.5 Å². The van der Waals surface area contributed by atoms with Crippen molar-refractivity contribution in [2.24, 2.45) is 5.73 Å². The Labute approximate surface area is 80.4 Å². The Morgan fingerprint density at radius 2 is 1.93 bits per heavy atom. The van der Waals surface area contributed by atoms with Crippen molar-refractivity contribution in [2.75, 3.05) is 6.54 Å². The minimum atomic E-state index is -1.24. The number of aromatic hydroxyl groups is 2. The van der Waals surface area contributed by atoms with Crippen molar-refractivity contribution < 1.29 is 20.1 Å². The predicted molar refractivity (Wildman–Crippen MR) is 49.5 cm³/mol. The van der Waals surface area contributed by atoms with E-state index in [9.17, 15) is 15.0 Å². The van der Waals surface area contributed by atoms with Crippen molar-refractivity contribution >= 4 is 5.97 Å². The molecule has 0 spiro atoms. The number of phenols is 2. The molecule has 0 aromatic heterocycles. The van der Waals surface area contributed by atoms with E-state index in [1.54, 1.807) is 0 Å². The van der Waals surface area contributed by atoms with Crippen LogP contribution in [-0.2, 0) is 6.42 Å². The second-order valence-corrected chi connectivity index (χ2v) is 2.84. The number of phenolic OH excluding ortho intramolecular Hbond substituents is 1. The van der Waals surface area contributed by atoms with Gasteiger partial charge in [-0.25, -0.2) is 4.79 Å². The minimum Gasteiger partial charge on any atom is -0.508 e. The van der Waals surface area contributed by atoms with Gasteiger partial charge < -0.3 is 21.1 Å². The average molecular weight is 197 g/mol. The highest BCUT2D eigenvalue weighted by molar-refractivity contribution is 5.91. The summed E-state index contributed by atoms with van der Waals surface area (Å²) in [4.78, 5) is 10.6. The highest BCUT2D eigenvalue weighted by Gasteiger charge is 2.13. The van der Waals surface area contributed by atoms with Gasteiger partial charge >= 0.3 is 5.97 Å². The molecular formula is C9H11NO4. The van der Waals surface area contributed by atoms with Crippen LogP contribution in [-0.4, -0.2) is 27.8 Å². The Morgan fingerprint density at radius 3 is 2.43 bits per heavy atom. The van der Waals surface area contributed by atoms with E-state index in [0.29, 0.717) is 18.5 Å². The molecule has 1 aromatic rings. The molecule has 1 aromatic carbocycles. The van der Waals surface area contributed by atoms with Gasteiger partial charge in [0.05, 0.1) is 0 Å². The summed E-state index contributed by atoms with van der Waals surface area (Å²) in [6, 6.07) is 2.23. The molecule has 0 heterocycles. The summed E-state index contributed by atoms with van der Waals surface area (Å²) >= 11 is 0. The Morgan fingerprint density at radius 1 is 1.29 bits per heavy atom.